The monoisotopic (exact) mass is 431 g/mol. The second kappa shape index (κ2) is 8.76. The van der Waals surface area contributed by atoms with Crippen molar-refractivity contribution >= 4 is 28.6 Å². The summed E-state index contributed by atoms with van der Waals surface area (Å²) in [6.45, 7) is 3.52. The first kappa shape index (κ1) is 20.1. The second-order valence-electron chi connectivity index (χ2n) is 7.00. The van der Waals surface area contributed by atoms with Gasteiger partial charge in [0.15, 0.2) is 0 Å². The van der Waals surface area contributed by atoms with E-state index in [4.69, 9.17) is 5.73 Å². The lowest BCUT2D eigenvalue weighted by atomic mass is 9.82. The van der Waals surface area contributed by atoms with Crippen LogP contribution in [0.1, 0.15) is 58.8 Å². The number of carboxylic acids is 1. The fourth-order valence-electron chi connectivity index (χ4n) is 3.30. The summed E-state index contributed by atoms with van der Waals surface area (Å²) in [7, 11) is 0. The summed E-state index contributed by atoms with van der Waals surface area (Å²) in [4.78, 5) is 11.3. The van der Waals surface area contributed by atoms with Gasteiger partial charge in [0.1, 0.15) is 5.92 Å². The van der Waals surface area contributed by atoms with Crippen molar-refractivity contribution < 1.29 is 18.7 Å². The van der Waals surface area contributed by atoms with E-state index in [2.05, 4.69) is 0 Å². The molecule has 3 unspecified atom stereocenters. The fraction of sp³-hybridized carbons (Fsp3) is 0.938. The van der Waals surface area contributed by atoms with E-state index in [1.165, 1.54) is 6.42 Å². The van der Waals surface area contributed by atoms with Crippen molar-refractivity contribution in [3.63, 3.8) is 0 Å². The van der Waals surface area contributed by atoms with Crippen LogP contribution in [0, 0.1) is 17.8 Å². The number of alkyl halides is 3. The first-order chi connectivity index (χ1) is 10.2. The molecule has 0 saturated heterocycles. The van der Waals surface area contributed by atoms with Gasteiger partial charge >= 0.3 is 5.97 Å². The highest BCUT2D eigenvalue weighted by atomic mass is 127. The molecule has 6 heteroatoms. The Balaban J connectivity index is 2.72. The van der Waals surface area contributed by atoms with Gasteiger partial charge in [-0.15, -0.1) is 0 Å². The third kappa shape index (κ3) is 5.58. The van der Waals surface area contributed by atoms with E-state index in [-0.39, 0.29) is 12.3 Å². The van der Waals surface area contributed by atoms with Gasteiger partial charge in [-0.25, -0.2) is 8.78 Å². The number of halogens is 3. The first-order valence-electron chi connectivity index (χ1n) is 8.16. The van der Waals surface area contributed by atoms with Crippen LogP contribution in [0.5, 0.6) is 0 Å². The Morgan fingerprint density at radius 1 is 1.32 bits per heavy atom. The average Bonchev–Trinajstić information content (AvgIpc) is 2.44. The van der Waals surface area contributed by atoms with Gasteiger partial charge in [-0.05, 0) is 24.7 Å². The molecule has 3 atom stereocenters. The molecule has 0 amide bonds. The summed E-state index contributed by atoms with van der Waals surface area (Å²) in [5, 5.41) is 9.19. The lowest BCUT2D eigenvalue weighted by Crippen LogP contribution is -2.50. The predicted octanol–water partition coefficient (Wildman–Crippen LogP) is 4.47. The number of aliphatic carboxylic acids is 1. The smallest absolute Gasteiger partial charge is 0.312 e. The maximum absolute atomic E-state index is 14.6. The Kier molecular flexibility index (Phi) is 7.99. The zero-order valence-electron chi connectivity index (χ0n) is 13.4. The van der Waals surface area contributed by atoms with Crippen LogP contribution >= 0.6 is 22.6 Å². The fourth-order valence-corrected chi connectivity index (χ4v) is 4.03. The highest BCUT2D eigenvalue weighted by Crippen LogP contribution is 2.40. The lowest BCUT2D eigenvalue weighted by molar-refractivity contribution is -0.158. The number of carbonyl (C=O) groups is 1. The van der Waals surface area contributed by atoms with Crippen LogP contribution in [0.25, 0.3) is 0 Å². The molecule has 0 heterocycles. The van der Waals surface area contributed by atoms with Gasteiger partial charge < -0.3 is 10.8 Å². The van der Waals surface area contributed by atoms with E-state index in [1.54, 1.807) is 36.4 Å². The van der Waals surface area contributed by atoms with E-state index in [9.17, 15) is 18.7 Å². The molecule has 3 nitrogen and oxygen atoms in total. The lowest BCUT2D eigenvalue weighted by Gasteiger charge is -2.34. The highest BCUT2D eigenvalue weighted by molar-refractivity contribution is 14.1. The van der Waals surface area contributed by atoms with Crippen LogP contribution in [-0.2, 0) is 4.79 Å². The van der Waals surface area contributed by atoms with Gasteiger partial charge in [0.25, 0.3) is 5.92 Å². The molecule has 1 aliphatic carbocycles. The molecular formula is C16H28F2INO2. The normalized spacial score (nSPS) is 21.6. The van der Waals surface area contributed by atoms with Gasteiger partial charge in [-0.2, -0.15) is 0 Å². The Labute approximate surface area is 145 Å². The zero-order chi connectivity index (χ0) is 16.9. The van der Waals surface area contributed by atoms with Crippen LogP contribution in [0.4, 0.5) is 8.78 Å². The quantitative estimate of drug-likeness (QED) is 0.441. The maximum atomic E-state index is 14.6. The van der Waals surface area contributed by atoms with Crippen molar-refractivity contribution in [2.24, 2.45) is 23.5 Å². The standard InChI is InChI=1S/C16H28F2INO2/c1-10(2)8-12(15(21)22)16(17,18)14(19)13(20)9-11-6-4-3-5-7-11/h10-14H,3-9,20H2,1-2H3,(H,21,22). The van der Waals surface area contributed by atoms with Crippen LogP contribution in [0.2, 0.25) is 0 Å². The third-order valence-corrected chi connectivity index (χ3v) is 6.30. The minimum Gasteiger partial charge on any atom is -0.481 e. The van der Waals surface area contributed by atoms with Gasteiger partial charge in [0.05, 0.1) is 3.92 Å². The molecule has 3 N–H and O–H groups in total. The van der Waals surface area contributed by atoms with Crippen molar-refractivity contribution in [1.82, 2.24) is 0 Å². The molecule has 0 aromatic heterocycles. The van der Waals surface area contributed by atoms with Gasteiger partial charge in [-0.3, -0.25) is 4.79 Å². The predicted molar refractivity (Wildman–Crippen MR) is 92.5 cm³/mol. The summed E-state index contributed by atoms with van der Waals surface area (Å²) in [6, 6.07) is -0.660. The molecular weight excluding hydrogens is 403 g/mol. The molecule has 0 spiro atoms. The van der Waals surface area contributed by atoms with Crippen molar-refractivity contribution in [1.29, 1.82) is 0 Å². The van der Waals surface area contributed by atoms with Crippen molar-refractivity contribution in [3.05, 3.63) is 0 Å². The van der Waals surface area contributed by atoms with Crippen LogP contribution in [-0.4, -0.2) is 27.0 Å². The summed E-state index contributed by atoms with van der Waals surface area (Å²) in [5.41, 5.74) is 6.02. The average molecular weight is 431 g/mol. The molecule has 1 fully saturated rings. The number of rotatable bonds is 8. The molecule has 0 radical (unpaired) electrons. The van der Waals surface area contributed by atoms with Crippen molar-refractivity contribution in [2.75, 3.05) is 0 Å². The van der Waals surface area contributed by atoms with E-state index < -0.39 is 27.8 Å². The Hall–Kier alpha value is 0.0200. The summed E-state index contributed by atoms with van der Waals surface area (Å²) >= 11 is 1.66. The zero-order valence-corrected chi connectivity index (χ0v) is 15.6. The van der Waals surface area contributed by atoms with Crippen LogP contribution < -0.4 is 5.73 Å². The molecule has 1 aliphatic rings. The van der Waals surface area contributed by atoms with Crippen LogP contribution in [0.3, 0.4) is 0 Å². The van der Waals surface area contributed by atoms with Gasteiger partial charge in [0.2, 0.25) is 0 Å². The number of carboxylic acid groups (broad SMARTS) is 1. The number of hydrogen-bond donors (Lipinski definition) is 2. The maximum Gasteiger partial charge on any atom is 0.312 e. The first-order valence-corrected chi connectivity index (χ1v) is 9.41. The SMILES string of the molecule is CC(C)CC(C(=O)O)C(F)(F)C(I)C(N)CC1CCCCC1. The minimum absolute atomic E-state index is 0.0298. The highest BCUT2D eigenvalue weighted by Gasteiger charge is 2.51. The Morgan fingerprint density at radius 3 is 2.32 bits per heavy atom. The number of nitrogens with two attached hydrogens (primary N) is 1. The van der Waals surface area contributed by atoms with Crippen molar-refractivity contribution in [3.8, 4) is 0 Å². The van der Waals surface area contributed by atoms with E-state index in [0.717, 1.165) is 25.7 Å². The molecule has 22 heavy (non-hydrogen) atoms. The topological polar surface area (TPSA) is 63.3 Å². The molecule has 1 rings (SSSR count). The Morgan fingerprint density at radius 2 is 1.86 bits per heavy atom. The summed E-state index contributed by atoms with van der Waals surface area (Å²) in [6.07, 6.45) is 6.14. The van der Waals surface area contributed by atoms with E-state index in [0.29, 0.717) is 12.3 Å². The second-order valence-corrected chi connectivity index (χ2v) is 8.34. The van der Waals surface area contributed by atoms with E-state index >= 15 is 0 Å². The van der Waals surface area contributed by atoms with Crippen LogP contribution in [0.15, 0.2) is 0 Å². The minimum atomic E-state index is -3.29. The van der Waals surface area contributed by atoms with Crippen molar-refractivity contribution in [2.45, 2.75) is 74.7 Å². The number of hydrogen-bond acceptors (Lipinski definition) is 2. The molecule has 0 aromatic rings. The summed E-state index contributed by atoms with van der Waals surface area (Å²) in [5.74, 6) is -6.06. The third-order valence-electron chi connectivity index (χ3n) is 4.54. The Bertz CT molecular complexity index is 360. The molecule has 0 bridgehead atoms. The summed E-state index contributed by atoms with van der Waals surface area (Å²) < 4.78 is 28.1. The van der Waals surface area contributed by atoms with Gasteiger partial charge in [0, 0.05) is 6.04 Å². The largest absolute Gasteiger partial charge is 0.481 e. The van der Waals surface area contributed by atoms with E-state index in [1.807, 2.05) is 0 Å². The molecule has 130 valence electrons. The van der Waals surface area contributed by atoms with Gasteiger partial charge in [-0.1, -0.05) is 68.5 Å². The molecule has 1 saturated carbocycles. The molecule has 0 aliphatic heterocycles. The molecule has 0 aromatic carbocycles.